The van der Waals surface area contributed by atoms with Crippen LogP contribution in [0, 0.1) is 6.92 Å². The average molecular weight is 362 g/mol. The van der Waals surface area contributed by atoms with Crippen LogP contribution < -0.4 is 5.32 Å². The van der Waals surface area contributed by atoms with E-state index >= 15 is 0 Å². The van der Waals surface area contributed by atoms with Gasteiger partial charge in [-0.05, 0) is 36.8 Å². The third-order valence-electron chi connectivity index (χ3n) is 4.21. The maximum atomic E-state index is 12.2. The van der Waals surface area contributed by atoms with Gasteiger partial charge in [0.1, 0.15) is 0 Å². The van der Waals surface area contributed by atoms with E-state index in [1.165, 1.54) is 6.26 Å². The number of rotatable bonds is 4. The number of furan rings is 1. The largest absolute Gasteiger partial charge is 0.459 e. The van der Waals surface area contributed by atoms with Gasteiger partial charge in [-0.3, -0.25) is 14.5 Å². The van der Waals surface area contributed by atoms with Gasteiger partial charge in [-0.2, -0.15) is 0 Å². The SMILES string of the molecule is Cc1ccc(NC(=O)CN2CCN(C(=O)c3ccco3)CC2)cc1Cl. The van der Waals surface area contributed by atoms with Gasteiger partial charge in [0.25, 0.3) is 5.91 Å². The minimum Gasteiger partial charge on any atom is -0.459 e. The van der Waals surface area contributed by atoms with Crippen molar-refractivity contribution in [3.8, 4) is 0 Å². The molecule has 7 heteroatoms. The van der Waals surface area contributed by atoms with Gasteiger partial charge in [-0.25, -0.2) is 0 Å². The number of nitrogens with zero attached hydrogens (tertiary/aromatic N) is 2. The Labute approximate surface area is 151 Å². The molecule has 0 bridgehead atoms. The highest BCUT2D eigenvalue weighted by Crippen LogP contribution is 2.20. The molecule has 1 aromatic carbocycles. The average Bonchev–Trinajstić information content (AvgIpc) is 3.13. The second-order valence-corrected chi connectivity index (χ2v) is 6.46. The van der Waals surface area contributed by atoms with Gasteiger partial charge in [0.2, 0.25) is 5.91 Å². The Balaban J connectivity index is 1.47. The number of piperazine rings is 1. The van der Waals surface area contributed by atoms with E-state index in [9.17, 15) is 9.59 Å². The van der Waals surface area contributed by atoms with E-state index in [1.54, 1.807) is 23.1 Å². The van der Waals surface area contributed by atoms with Crippen molar-refractivity contribution < 1.29 is 14.0 Å². The number of benzene rings is 1. The number of anilines is 1. The minimum absolute atomic E-state index is 0.0919. The van der Waals surface area contributed by atoms with Crippen LogP contribution in [0.4, 0.5) is 5.69 Å². The van der Waals surface area contributed by atoms with E-state index in [0.717, 1.165) is 5.56 Å². The third-order valence-corrected chi connectivity index (χ3v) is 4.62. The second-order valence-electron chi connectivity index (χ2n) is 6.06. The molecule has 2 aromatic rings. The Morgan fingerprint density at radius 1 is 1.20 bits per heavy atom. The maximum Gasteiger partial charge on any atom is 0.289 e. The van der Waals surface area contributed by atoms with Crippen molar-refractivity contribution in [3.05, 3.63) is 52.9 Å². The van der Waals surface area contributed by atoms with Crippen molar-refractivity contribution in [1.82, 2.24) is 9.80 Å². The van der Waals surface area contributed by atoms with Crippen molar-refractivity contribution in [2.24, 2.45) is 0 Å². The Morgan fingerprint density at radius 3 is 2.60 bits per heavy atom. The predicted molar refractivity (Wildman–Crippen MR) is 95.9 cm³/mol. The third kappa shape index (κ3) is 4.41. The van der Waals surface area contributed by atoms with E-state index in [1.807, 2.05) is 24.0 Å². The van der Waals surface area contributed by atoms with Crippen LogP contribution in [0.15, 0.2) is 41.0 Å². The topological polar surface area (TPSA) is 65.8 Å². The highest BCUT2D eigenvalue weighted by molar-refractivity contribution is 6.31. The number of nitrogens with one attached hydrogen (secondary N) is 1. The first kappa shape index (κ1) is 17.5. The summed E-state index contributed by atoms with van der Waals surface area (Å²) in [7, 11) is 0. The molecule has 1 aromatic heterocycles. The molecule has 1 fully saturated rings. The Bertz CT molecular complexity index is 753. The fraction of sp³-hybridized carbons (Fsp3) is 0.333. The van der Waals surface area contributed by atoms with Crippen LogP contribution >= 0.6 is 11.6 Å². The number of halogens is 1. The molecular formula is C18H20ClN3O3. The summed E-state index contributed by atoms with van der Waals surface area (Å²) < 4.78 is 5.14. The van der Waals surface area contributed by atoms with Crippen LogP contribution in [0.1, 0.15) is 16.1 Å². The quantitative estimate of drug-likeness (QED) is 0.909. The lowest BCUT2D eigenvalue weighted by molar-refractivity contribution is -0.117. The zero-order valence-corrected chi connectivity index (χ0v) is 14.8. The fourth-order valence-electron chi connectivity index (χ4n) is 2.74. The summed E-state index contributed by atoms with van der Waals surface area (Å²) in [4.78, 5) is 28.2. The zero-order chi connectivity index (χ0) is 17.8. The van der Waals surface area contributed by atoms with E-state index in [0.29, 0.717) is 42.6 Å². The lowest BCUT2D eigenvalue weighted by Crippen LogP contribution is -2.50. The summed E-state index contributed by atoms with van der Waals surface area (Å²) in [5, 5.41) is 3.48. The molecule has 2 amide bonds. The standard InChI is InChI=1S/C18H20ClN3O3/c1-13-4-5-14(11-15(13)19)20-17(23)12-21-6-8-22(9-7-21)18(24)16-3-2-10-25-16/h2-5,10-11H,6-9,12H2,1H3,(H,20,23). The van der Waals surface area contributed by atoms with E-state index in [2.05, 4.69) is 5.32 Å². The normalized spacial score (nSPS) is 15.2. The summed E-state index contributed by atoms with van der Waals surface area (Å²) in [6.45, 7) is 4.64. The number of amides is 2. The van der Waals surface area contributed by atoms with Crippen molar-refractivity contribution in [2.75, 3.05) is 38.0 Å². The molecule has 1 aliphatic heterocycles. The van der Waals surface area contributed by atoms with E-state index in [4.69, 9.17) is 16.0 Å². The van der Waals surface area contributed by atoms with Gasteiger partial charge in [0.05, 0.1) is 12.8 Å². The molecule has 0 unspecified atom stereocenters. The van der Waals surface area contributed by atoms with Gasteiger partial charge in [0, 0.05) is 36.9 Å². The molecule has 1 aliphatic rings. The monoisotopic (exact) mass is 361 g/mol. The van der Waals surface area contributed by atoms with E-state index < -0.39 is 0 Å². The first-order valence-corrected chi connectivity index (χ1v) is 8.52. The summed E-state index contributed by atoms with van der Waals surface area (Å²) in [5.74, 6) is 0.150. The van der Waals surface area contributed by atoms with Gasteiger partial charge in [0.15, 0.2) is 5.76 Å². The number of hydrogen-bond donors (Lipinski definition) is 1. The minimum atomic E-state index is -0.108. The first-order chi connectivity index (χ1) is 12.0. The van der Waals surface area contributed by atoms with Crippen LogP contribution in [0.25, 0.3) is 0 Å². The summed E-state index contributed by atoms with van der Waals surface area (Å²) in [6.07, 6.45) is 1.49. The molecule has 0 spiro atoms. The molecule has 6 nitrogen and oxygen atoms in total. The molecular weight excluding hydrogens is 342 g/mol. The number of aryl methyl sites for hydroxylation is 1. The lowest BCUT2D eigenvalue weighted by atomic mass is 10.2. The highest BCUT2D eigenvalue weighted by Gasteiger charge is 2.24. The number of carbonyl (C=O) groups excluding carboxylic acids is 2. The van der Waals surface area contributed by atoms with Crippen LogP contribution in [-0.4, -0.2) is 54.3 Å². The number of carbonyl (C=O) groups is 2. The van der Waals surface area contributed by atoms with Crippen LogP contribution in [0.2, 0.25) is 5.02 Å². The van der Waals surface area contributed by atoms with E-state index in [-0.39, 0.29) is 18.4 Å². The lowest BCUT2D eigenvalue weighted by Gasteiger charge is -2.33. The van der Waals surface area contributed by atoms with Crippen LogP contribution in [0.5, 0.6) is 0 Å². The fourth-order valence-corrected chi connectivity index (χ4v) is 2.92. The summed E-state index contributed by atoms with van der Waals surface area (Å²) >= 11 is 6.07. The smallest absolute Gasteiger partial charge is 0.289 e. The first-order valence-electron chi connectivity index (χ1n) is 8.14. The Morgan fingerprint density at radius 2 is 1.96 bits per heavy atom. The van der Waals surface area contributed by atoms with Gasteiger partial charge in [-0.15, -0.1) is 0 Å². The summed E-state index contributed by atoms with van der Waals surface area (Å²) in [6, 6.07) is 8.81. The zero-order valence-electron chi connectivity index (χ0n) is 14.0. The molecule has 1 N–H and O–H groups in total. The van der Waals surface area contributed by atoms with Crippen molar-refractivity contribution in [2.45, 2.75) is 6.92 Å². The molecule has 0 atom stereocenters. The summed E-state index contributed by atoms with van der Waals surface area (Å²) in [5.41, 5.74) is 1.66. The Kier molecular flexibility index (Phi) is 5.40. The van der Waals surface area contributed by atoms with Gasteiger partial charge in [-0.1, -0.05) is 17.7 Å². The molecule has 25 heavy (non-hydrogen) atoms. The molecule has 1 saturated heterocycles. The molecule has 0 radical (unpaired) electrons. The van der Waals surface area contributed by atoms with Crippen molar-refractivity contribution in [3.63, 3.8) is 0 Å². The highest BCUT2D eigenvalue weighted by atomic mass is 35.5. The van der Waals surface area contributed by atoms with Gasteiger partial charge >= 0.3 is 0 Å². The van der Waals surface area contributed by atoms with Crippen LogP contribution in [0.3, 0.4) is 0 Å². The molecule has 0 saturated carbocycles. The van der Waals surface area contributed by atoms with Gasteiger partial charge < -0.3 is 14.6 Å². The predicted octanol–water partition coefficient (Wildman–Crippen LogP) is 2.64. The second kappa shape index (κ2) is 7.72. The maximum absolute atomic E-state index is 12.2. The van der Waals surface area contributed by atoms with Crippen molar-refractivity contribution >= 4 is 29.1 Å². The molecule has 3 rings (SSSR count). The molecule has 2 heterocycles. The molecule has 0 aliphatic carbocycles. The van der Waals surface area contributed by atoms with Crippen LogP contribution in [-0.2, 0) is 4.79 Å². The van der Waals surface area contributed by atoms with Crippen molar-refractivity contribution in [1.29, 1.82) is 0 Å². The number of hydrogen-bond acceptors (Lipinski definition) is 4. The molecule has 132 valence electrons. The Hall–Kier alpha value is -2.31.